The Labute approximate surface area is 160 Å². The number of allylic oxidation sites excluding steroid dienone is 1. The molecule has 1 unspecified atom stereocenters. The molecule has 0 saturated carbocycles. The van der Waals surface area contributed by atoms with Crippen LogP contribution in [0.25, 0.3) is 5.57 Å². The van der Waals surface area contributed by atoms with Crippen LogP contribution in [0.4, 0.5) is 5.69 Å². The molecule has 27 heavy (non-hydrogen) atoms. The molecule has 0 bridgehead atoms. The Morgan fingerprint density at radius 1 is 1.15 bits per heavy atom. The Kier molecular flexibility index (Phi) is 5.49. The van der Waals surface area contributed by atoms with E-state index < -0.39 is 0 Å². The minimum absolute atomic E-state index is 0.145. The highest BCUT2D eigenvalue weighted by Crippen LogP contribution is 2.31. The first kappa shape index (κ1) is 18.6. The highest BCUT2D eigenvalue weighted by atomic mass is 16.5. The van der Waals surface area contributed by atoms with Gasteiger partial charge in [0.05, 0.1) is 13.7 Å². The molecular formula is C23H23NO3. The largest absolute Gasteiger partial charge is 0.497 e. The maximum Gasteiger partial charge on any atom is 0.293 e. The molecule has 1 fully saturated rings. The maximum atomic E-state index is 13.0. The van der Waals surface area contributed by atoms with E-state index in [-0.39, 0.29) is 12.0 Å². The van der Waals surface area contributed by atoms with Crippen molar-refractivity contribution < 1.29 is 14.3 Å². The number of benzene rings is 2. The summed E-state index contributed by atoms with van der Waals surface area (Å²) in [6.45, 7) is 7.98. The lowest BCUT2D eigenvalue weighted by Gasteiger charge is -2.36. The molecule has 4 heteroatoms. The van der Waals surface area contributed by atoms with Gasteiger partial charge in [-0.2, -0.15) is 0 Å². The Morgan fingerprint density at radius 3 is 2.37 bits per heavy atom. The second-order valence-corrected chi connectivity index (χ2v) is 6.51. The van der Waals surface area contributed by atoms with Gasteiger partial charge in [0.25, 0.3) is 5.91 Å². The monoisotopic (exact) mass is 361 g/mol. The Bertz CT molecular complexity index is 902. The van der Waals surface area contributed by atoms with E-state index in [9.17, 15) is 4.79 Å². The van der Waals surface area contributed by atoms with Gasteiger partial charge in [0.2, 0.25) is 0 Å². The van der Waals surface area contributed by atoms with Crippen LogP contribution in [0, 0.1) is 0 Å². The Hall–Kier alpha value is -3.23. The standard InChI is InChI=1S/C23H23NO3/c1-5-20(17-9-7-6-8-10-17)21-15-24(23(25)22(27-21)16(2)3)18-11-13-19(26-4)14-12-18/h6-14,21H,1,15H2,2-4H3. The van der Waals surface area contributed by atoms with E-state index >= 15 is 0 Å². The van der Waals surface area contributed by atoms with Crippen molar-refractivity contribution in [2.75, 3.05) is 18.6 Å². The fraction of sp³-hybridized carbons (Fsp3) is 0.217. The van der Waals surface area contributed by atoms with Gasteiger partial charge >= 0.3 is 0 Å². The van der Waals surface area contributed by atoms with E-state index in [0.29, 0.717) is 12.3 Å². The van der Waals surface area contributed by atoms with Crippen LogP contribution in [0.2, 0.25) is 0 Å². The van der Waals surface area contributed by atoms with E-state index in [1.54, 1.807) is 12.0 Å². The number of hydrogen-bond donors (Lipinski definition) is 0. The van der Waals surface area contributed by atoms with Crippen LogP contribution in [-0.2, 0) is 9.53 Å². The molecule has 0 radical (unpaired) electrons. The SMILES string of the molecule is C=C=C(c1ccccc1)C1CN(c2ccc(OC)cc2)C(=O)C(=C(C)C)O1. The molecule has 2 aromatic carbocycles. The Morgan fingerprint density at radius 2 is 1.81 bits per heavy atom. The molecule has 0 aromatic heterocycles. The molecule has 3 rings (SSSR count). The summed E-state index contributed by atoms with van der Waals surface area (Å²) in [5, 5.41) is 0. The molecular weight excluding hydrogens is 338 g/mol. The summed E-state index contributed by atoms with van der Waals surface area (Å²) in [4.78, 5) is 14.7. The van der Waals surface area contributed by atoms with Crippen molar-refractivity contribution in [3.8, 4) is 5.75 Å². The van der Waals surface area contributed by atoms with Gasteiger partial charge in [-0.1, -0.05) is 36.9 Å². The van der Waals surface area contributed by atoms with Gasteiger partial charge in [-0.05, 0) is 49.2 Å². The molecule has 1 heterocycles. The number of nitrogens with zero attached hydrogens (tertiary/aromatic N) is 1. The average Bonchev–Trinajstić information content (AvgIpc) is 2.70. The summed E-state index contributed by atoms with van der Waals surface area (Å²) >= 11 is 0. The second-order valence-electron chi connectivity index (χ2n) is 6.51. The van der Waals surface area contributed by atoms with E-state index in [2.05, 4.69) is 12.3 Å². The molecule has 1 aliphatic rings. The number of hydrogen-bond acceptors (Lipinski definition) is 3. The molecule has 1 atom stereocenters. The van der Waals surface area contributed by atoms with Crippen LogP contribution in [0.1, 0.15) is 19.4 Å². The smallest absolute Gasteiger partial charge is 0.293 e. The van der Waals surface area contributed by atoms with Crippen molar-refractivity contribution in [2.24, 2.45) is 0 Å². The average molecular weight is 361 g/mol. The number of anilines is 1. The predicted molar refractivity (Wildman–Crippen MR) is 108 cm³/mol. The van der Waals surface area contributed by atoms with Crippen LogP contribution in [0.15, 0.2) is 78.2 Å². The predicted octanol–water partition coefficient (Wildman–Crippen LogP) is 4.59. The highest BCUT2D eigenvalue weighted by molar-refractivity contribution is 6.06. The minimum Gasteiger partial charge on any atom is -0.497 e. The van der Waals surface area contributed by atoms with Crippen molar-refractivity contribution in [3.63, 3.8) is 0 Å². The fourth-order valence-electron chi connectivity index (χ4n) is 3.09. The molecule has 1 amide bonds. The summed E-state index contributed by atoms with van der Waals surface area (Å²) in [5.41, 5.74) is 6.46. The zero-order chi connectivity index (χ0) is 19.4. The van der Waals surface area contributed by atoms with Gasteiger partial charge in [-0.25, -0.2) is 0 Å². The molecule has 1 aliphatic heterocycles. The number of methoxy groups -OCH3 is 1. The first-order chi connectivity index (χ1) is 13.0. The zero-order valence-electron chi connectivity index (χ0n) is 15.9. The topological polar surface area (TPSA) is 38.8 Å². The molecule has 0 N–H and O–H groups in total. The van der Waals surface area contributed by atoms with Gasteiger partial charge in [0.1, 0.15) is 11.9 Å². The van der Waals surface area contributed by atoms with Crippen LogP contribution >= 0.6 is 0 Å². The third-order valence-electron chi connectivity index (χ3n) is 4.48. The normalized spacial score (nSPS) is 16.4. The van der Waals surface area contributed by atoms with Crippen LogP contribution < -0.4 is 9.64 Å². The number of carbonyl (C=O) groups excluding carboxylic acids is 1. The minimum atomic E-state index is -0.352. The lowest BCUT2D eigenvalue weighted by Crippen LogP contribution is -2.46. The van der Waals surface area contributed by atoms with Gasteiger partial charge in [0, 0.05) is 11.3 Å². The number of ether oxygens (including phenoxy) is 2. The van der Waals surface area contributed by atoms with E-state index in [0.717, 1.165) is 28.1 Å². The van der Waals surface area contributed by atoms with Gasteiger partial charge in [-0.3, -0.25) is 4.79 Å². The summed E-state index contributed by atoms with van der Waals surface area (Å²) in [5.74, 6) is 0.966. The maximum absolute atomic E-state index is 13.0. The van der Waals surface area contributed by atoms with Crippen molar-refractivity contribution in [3.05, 3.63) is 83.8 Å². The molecule has 0 spiro atoms. The summed E-state index contributed by atoms with van der Waals surface area (Å²) in [7, 11) is 1.62. The van der Waals surface area contributed by atoms with Gasteiger partial charge in [0.15, 0.2) is 5.76 Å². The third kappa shape index (κ3) is 3.81. The van der Waals surface area contributed by atoms with Gasteiger partial charge < -0.3 is 14.4 Å². The lowest BCUT2D eigenvalue weighted by molar-refractivity contribution is -0.121. The summed E-state index contributed by atoms with van der Waals surface area (Å²) in [6, 6.07) is 17.3. The number of carbonyl (C=O) groups is 1. The van der Waals surface area contributed by atoms with E-state index in [4.69, 9.17) is 9.47 Å². The van der Waals surface area contributed by atoms with Crippen molar-refractivity contribution >= 4 is 17.2 Å². The van der Waals surface area contributed by atoms with Crippen LogP contribution in [-0.4, -0.2) is 25.7 Å². The van der Waals surface area contributed by atoms with Crippen LogP contribution in [0.3, 0.4) is 0 Å². The van der Waals surface area contributed by atoms with Crippen molar-refractivity contribution in [1.82, 2.24) is 0 Å². The molecule has 138 valence electrons. The molecule has 4 nitrogen and oxygen atoms in total. The molecule has 1 saturated heterocycles. The summed E-state index contributed by atoms with van der Waals surface area (Å²) < 4.78 is 11.3. The van der Waals surface area contributed by atoms with Crippen molar-refractivity contribution in [2.45, 2.75) is 20.0 Å². The zero-order valence-corrected chi connectivity index (χ0v) is 15.9. The first-order valence-corrected chi connectivity index (χ1v) is 8.80. The van der Waals surface area contributed by atoms with Crippen molar-refractivity contribution in [1.29, 1.82) is 0 Å². The fourth-order valence-corrected chi connectivity index (χ4v) is 3.09. The summed E-state index contributed by atoms with van der Waals surface area (Å²) in [6.07, 6.45) is -0.352. The number of amides is 1. The molecule has 2 aromatic rings. The van der Waals surface area contributed by atoms with Crippen LogP contribution in [0.5, 0.6) is 5.75 Å². The Balaban J connectivity index is 2.00. The number of rotatable bonds is 4. The number of morpholine rings is 1. The molecule has 0 aliphatic carbocycles. The highest BCUT2D eigenvalue weighted by Gasteiger charge is 2.35. The van der Waals surface area contributed by atoms with Gasteiger partial charge in [-0.15, -0.1) is 5.73 Å². The quantitative estimate of drug-likeness (QED) is 0.591. The van der Waals surface area contributed by atoms with E-state index in [1.165, 1.54) is 0 Å². The second kappa shape index (κ2) is 7.98. The first-order valence-electron chi connectivity index (χ1n) is 8.80. The van der Waals surface area contributed by atoms with E-state index in [1.807, 2.05) is 68.4 Å². The lowest BCUT2D eigenvalue weighted by atomic mass is 9.99. The third-order valence-corrected chi connectivity index (χ3v) is 4.48.